The Balaban J connectivity index is 1.53. The number of rotatable bonds is 6. The molecule has 1 amide bonds. The summed E-state index contributed by atoms with van der Waals surface area (Å²) in [4.78, 5) is 21.9. The van der Waals surface area contributed by atoms with Gasteiger partial charge < -0.3 is 15.0 Å². The predicted octanol–water partition coefficient (Wildman–Crippen LogP) is 4.45. The highest BCUT2D eigenvalue weighted by molar-refractivity contribution is 7.89. The molecule has 4 rings (SSSR count). The van der Waals surface area contributed by atoms with Crippen molar-refractivity contribution in [3.05, 3.63) is 54.0 Å². The second kappa shape index (κ2) is 11.0. The average molecular weight is 582 g/mol. The number of nitrogens with one attached hydrogen (secondary N) is 2. The van der Waals surface area contributed by atoms with E-state index in [1.165, 1.54) is 43.7 Å². The van der Waals surface area contributed by atoms with E-state index < -0.39 is 39.3 Å². The van der Waals surface area contributed by atoms with E-state index in [1.807, 2.05) is 0 Å². The molecule has 1 fully saturated rings. The molecule has 40 heavy (non-hydrogen) atoms. The van der Waals surface area contributed by atoms with Gasteiger partial charge in [0.05, 0.1) is 11.1 Å². The Morgan fingerprint density at radius 1 is 1.07 bits per heavy atom. The van der Waals surface area contributed by atoms with Crippen LogP contribution in [0.5, 0.6) is 0 Å². The average Bonchev–Trinajstić information content (AvgIpc) is 3.38. The largest absolute Gasteiger partial charge is 0.444 e. The Labute approximate surface area is 229 Å². The number of benzene rings is 1. The summed E-state index contributed by atoms with van der Waals surface area (Å²) in [6.45, 7) is 6.29. The lowest BCUT2D eigenvalue weighted by atomic mass is 9.92. The summed E-state index contributed by atoms with van der Waals surface area (Å²) in [6, 6.07) is 5.57. The number of likely N-dealkylation sites (tertiary alicyclic amines) is 1. The van der Waals surface area contributed by atoms with Crippen LogP contribution >= 0.6 is 0 Å². The normalized spacial score (nSPS) is 15.2. The minimum absolute atomic E-state index is 0.00592. The molecule has 2 N–H and O–H groups in total. The van der Waals surface area contributed by atoms with Gasteiger partial charge in [-0.1, -0.05) is 0 Å². The number of hydrogen-bond donors (Lipinski definition) is 2. The first-order valence-corrected chi connectivity index (χ1v) is 13.9. The molecule has 0 unspecified atom stereocenters. The standard InChI is InChI=1S/C25H30F3N7O4S/c1-24(2,3)39-23(36)34-11-9-16(10-12-34)17-13-31-35(15-17)21-20(25(26,27)28)14-30-22(33-21)32-18-5-7-19(8-6-18)40(37,38)29-4/h5-8,13-16,29H,9-12H2,1-4H3,(H,30,32,33). The molecule has 1 aliphatic rings. The molecule has 1 saturated heterocycles. The maximum absolute atomic E-state index is 13.8. The van der Waals surface area contributed by atoms with Gasteiger partial charge in [0.15, 0.2) is 5.82 Å². The fourth-order valence-corrected chi connectivity index (χ4v) is 4.89. The van der Waals surface area contributed by atoms with Crippen molar-refractivity contribution in [3.8, 4) is 5.82 Å². The van der Waals surface area contributed by atoms with Gasteiger partial charge in [0.1, 0.15) is 11.2 Å². The number of alkyl halides is 3. The molecule has 1 aromatic carbocycles. The van der Waals surface area contributed by atoms with E-state index in [2.05, 4.69) is 25.1 Å². The molecule has 0 atom stereocenters. The maximum Gasteiger partial charge on any atom is 0.421 e. The van der Waals surface area contributed by atoms with Crippen LogP contribution < -0.4 is 10.0 Å². The minimum Gasteiger partial charge on any atom is -0.444 e. The quantitative estimate of drug-likeness (QED) is 0.437. The number of halogens is 3. The van der Waals surface area contributed by atoms with Gasteiger partial charge in [0.2, 0.25) is 16.0 Å². The number of sulfonamides is 1. The second-order valence-corrected chi connectivity index (χ2v) is 12.1. The molecule has 11 nitrogen and oxygen atoms in total. The molecule has 0 spiro atoms. The zero-order chi connectivity index (χ0) is 29.3. The highest BCUT2D eigenvalue weighted by Gasteiger charge is 2.36. The molecule has 1 aliphatic heterocycles. The van der Waals surface area contributed by atoms with Gasteiger partial charge in [0.25, 0.3) is 0 Å². The van der Waals surface area contributed by atoms with Crippen LogP contribution in [0.2, 0.25) is 0 Å². The summed E-state index contributed by atoms with van der Waals surface area (Å²) in [5.74, 6) is -0.597. The Hall–Kier alpha value is -3.72. The van der Waals surface area contributed by atoms with Crippen LogP contribution in [0.3, 0.4) is 0 Å². The van der Waals surface area contributed by atoms with Crippen LogP contribution in [0.15, 0.2) is 47.8 Å². The highest BCUT2D eigenvalue weighted by Crippen LogP contribution is 2.34. The number of ether oxygens (including phenoxy) is 1. The van der Waals surface area contributed by atoms with Crippen molar-refractivity contribution in [1.82, 2.24) is 29.4 Å². The van der Waals surface area contributed by atoms with Gasteiger partial charge in [-0.05, 0) is 76.4 Å². The summed E-state index contributed by atoms with van der Waals surface area (Å²) < 4.78 is 74.0. The van der Waals surface area contributed by atoms with Gasteiger partial charge in [-0.25, -0.2) is 27.6 Å². The van der Waals surface area contributed by atoms with Crippen molar-refractivity contribution >= 4 is 27.8 Å². The number of amides is 1. The Kier molecular flexibility index (Phi) is 8.08. The number of nitrogens with zero attached hydrogens (tertiary/aromatic N) is 5. The summed E-state index contributed by atoms with van der Waals surface area (Å²) in [5, 5.41) is 6.95. The summed E-state index contributed by atoms with van der Waals surface area (Å²) in [5.41, 5.74) is -0.569. The molecule has 15 heteroatoms. The Morgan fingerprint density at radius 2 is 1.73 bits per heavy atom. The lowest BCUT2D eigenvalue weighted by Gasteiger charge is -2.33. The number of piperidine rings is 1. The molecule has 0 bridgehead atoms. The second-order valence-electron chi connectivity index (χ2n) is 10.2. The molecule has 3 heterocycles. The number of hydrogen-bond acceptors (Lipinski definition) is 8. The van der Waals surface area contributed by atoms with Crippen molar-refractivity contribution < 1.29 is 31.1 Å². The summed E-state index contributed by atoms with van der Waals surface area (Å²) in [7, 11) is -2.36. The van der Waals surface area contributed by atoms with E-state index in [9.17, 15) is 26.4 Å². The Morgan fingerprint density at radius 3 is 2.30 bits per heavy atom. The maximum atomic E-state index is 13.8. The van der Waals surface area contributed by atoms with Gasteiger partial charge in [0, 0.05) is 31.2 Å². The topological polar surface area (TPSA) is 131 Å². The molecule has 0 aliphatic carbocycles. The lowest BCUT2D eigenvalue weighted by Crippen LogP contribution is -2.41. The van der Waals surface area contributed by atoms with Crippen LogP contribution in [-0.4, -0.2) is 64.9 Å². The zero-order valence-electron chi connectivity index (χ0n) is 22.4. The van der Waals surface area contributed by atoms with Gasteiger partial charge >= 0.3 is 12.3 Å². The van der Waals surface area contributed by atoms with E-state index in [4.69, 9.17) is 4.74 Å². The van der Waals surface area contributed by atoms with Crippen LogP contribution in [-0.2, 0) is 20.9 Å². The number of anilines is 2. The van der Waals surface area contributed by atoms with Crippen molar-refractivity contribution in [2.75, 3.05) is 25.5 Å². The van der Waals surface area contributed by atoms with E-state index in [1.54, 1.807) is 25.7 Å². The summed E-state index contributed by atoms with van der Waals surface area (Å²) in [6.07, 6.45) is -0.237. The SMILES string of the molecule is CNS(=O)(=O)c1ccc(Nc2ncc(C(F)(F)F)c(-n3cc(C4CCN(C(=O)OC(C)(C)C)CC4)cn3)n2)cc1. The first-order valence-electron chi connectivity index (χ1n) is 12.4. The van der Waals surface area contributed by atoms with Crippen LogP contribution in [0.4, 0.5) is 29.6 Å². The smallest absolute Gasteiger partial charge is 0.421 e. The number of aromatic nitrogens is 4. The summed E-state index contributed by atoms with van der Waals surface area (Å²) >= 11 is 0. The first-order chi connectivity index (χ1) is 18.7. The third kappa shape index (κ3) is 6.88. The Bertz CT molecular complexity index is 1460. The predicted molar refractivity (Wildman–Crippen MR) is 140 cm³/mol. The fourth-order valence-electron chi connectivity index (χ4n) is 4.16. The molecular formula is C25H30F3N7O4S. The highest BCUT2D eigenvalue weighted by atomic mass is 32.2. The van der Waals surface area contributed by atoms with Crippen molar-refractivity contribution in [2.24, 2.45) is 0 Å². The molecule has 0 radical (unpaired) electrons. The number of carbonyl (C=O) groups is 1. The van der Waals surface area contributed by atoms with Crippen LogP contribution in [0.1, 0.15) is 50.7 Å². The molecule has 0 saturated carbocycles. The first kappa shape index (κ1) is 29.3. The van der Waals surface area contributed by atoms with Crippen LogP contribution in [0, 0.1) is 0 Å². The minimum atomic E-state index is -4.73. The third-order valence-electron chi connectivity index (χ3n) is 6.20. The lowest BCUT2D eigenvalue weighted by molar-refractivity contribution is -0.138. The van der Waals surface area contributed by atoms with E-state index >= 15 is 0 Å². The zero-order valence-corrected chi connectivity index (χ0v) is 23.2. The van der Waals surface area contributed by atoms with E-state index in [0.29, 0.717) is 37.8 Å². The molecule has 216 valence electrons. The third-order valence-corrected chi connectivity index (χ3v) is 7.63. The molecular weight excluding hydrogens is 551 g/mol. The van der Waals surface area contributed by atoms with Crippen molar-refractivity contribution in [1.29, 1.82) is 0 Å². The fraction of sp³-hybridized carbons (Fsp3) is 0.440. The van der Waals surface area contributed by atoms with Crippen molar-refractivity contribution in [3.63, 3.8) is 0 Å². The van der Waals surface area contributed by atoms with E-state index in [0.717, 1.165) is 10.2 Å². The van der Waals surface area contributed by atoms with Crippen LogP contribution in [0.25, 0.3) is 5.82 Å². The van der Waals surface area contributed by atoms with Gasteiger partial charge in [-0.2, -0.15) is 23.3 Å². The van der Waals surface area contributed by atoms with Crippen molar-refractivity contribution in [2.45, 2.75) is 56.2 Å². The van der Waals surface area contributed by atoms with E-state index in [-0.39, 0.29) is 16.8 Å². The molecule has 2 aromatic heterocycles. The van der Waals surface area contributed by atoms with Gasteiger partial charge in [-0.15, -0.1) is 0 Å². The number of carbonyl (C=O) groups excluding carboxylic acids is 1. The molecule has 3 aromatic rings. The van der Waals surface area contributed by atoms with Gasteiger partial charge in [-0.3, -0.25) is 0 Å². The monoisotopic (exact) mass is 581 g/mol.